The first kappa shape index (κ1) is 19.0. The SMILES string of the molecule is Cc1csc(NC(=O)CN(CC2CCCCC2)C(=O)Cc2cccs2)n1. The second kappa shape index (κ2) is 9.28. The number of anilines is 1. The zero-order chi connectivity index (χ0) is 18.4. The van der Waals surface area contributed by atoms with Crippen LogP contribution >= 0.6 is 22.7 Å². The van der Waals surface area contributed by atoms with Crippen molar-refractivity contribution in [3.63, 3.8) is 0 Å². The van der Waals surface area contributed by atoms with E-state index in [1.54, 1.807) is 16.2 Å². The van der Waals surface area contributed by atoms with E-state index in [-0.39, 0.29) is 18.4 Å². The molecular weight excluding hydrogens is 366 g/mol. The number of carbonyl (C=O) groups is 2. The van der Waals surface area contributed by atoms with Crippen molar-refractivity contribution in [1.82, 2.24) is 9.88 Å². The minimum Gasteiger partial charge on any atom is -0.333 e. The van der Waals surface area contributed by atoms with Crippen molar-refractivity contribution >= 4 is 39.6 Å². The topological polar surface area (TPSA) is 62.3 Å². The van der Waals surface area contributed by atoms with Crippen molar-refractivity contribution in [1.29, 1.82) is 0 Å². The highest BCUT2D eigenvalue weighted by molar-refractivity contribution is 7.13. The smallest absolute Gasteiger partial charge is 0.245 e. The minimum absolute atomic E-state index is 0.0310. The summed E-state index contributed by atoms with van der Waals surface area (Å²) in [5.41, 5.74) is 0.887. The first-order valence-corrected chi connectivity index (χ1v) is 10.9. The lowest BCUT2D eigenvalue weighted by Crippen LogP contribution is -2.42. The predicted octanol–water partition coefficient (Wildman–Crippen LogP) is 4.10. The highest BCUT2D eigenvalue weighted by atomic mass is 32.1. The van der Waals surface area contributed by atoms with Crippen LogP contribution in [0.4, 0.5) is 5.13 Å². The van der Waals surface area contributed by atoms with Crippen LogP contribution in [0.5, 0.6) is 0 Å². The lowest BCUT2D eigenvalue weighted by atomic mass is 9.89. The van der Waals surface area contributed by atoms with Gasteiger partial charge in [0.05, 0.1) is 18.7 Å². The molecule has 0 saturated heterocycles. The maximum atomic E-state index is 12.8. The van der Waals surface area contributed by atoms with Crippen LogP contribution in [0.3, 0.4) is 0 Å². The Kier molecular flexibility index (Phi) is 6.80. The summed E-state index contributed by atoms with van der Waals surface area (Å²) in [6, 6.07) is 3.93. The van der Waals surface area contributed by atoms with Gasteiger partial charge in [-0.1, -0.05) is 25.3 Å². The Bertz CT molecular complexity index is 721. The number of aryl methyl sites for hydroxylation is 1. The third-order valence-electron chi connectivity index (χ3n) is 4.66. The van der Waals surface area contributed by atoms with Crippen LogP contribution in [0.25, 0.3) is 0 Å². The third-order valence-corrected chi connectivity index (χ3v) is 6.41. The summed E-state index contributed by atoms with van der Waals surface area (Å²) < 4.78 is 0. The zero-order valence-corrected chi connectivity index (χ0v) is 16.7. The molecule has 0 spiro atoms. The Morgan fingerprint density at radius 2 is 2.08 bits per heavy atom. The van der Waals surface area contributed by atoms with Gasteiger partial charge in [0.1, 0.15) is 0 Å². The maximum absolute atomic E-state index is 12.8. The first-order valence-electron chi connectivity index (χ1n) is 9.12. The van der Waals surface area contributed by atoms with Crippen LogP contribution in [0.1, 0.15) is 42.7 Å². The molecule has 2 aromatic heterocycles. The number of hydrogen-bond donors (Lipinski definition) is 1. The molecule has 7 heteroatoms. The standard InChI is InChI=1S/C19H25N3O2S2/c1-14-13-26-19(20-14)21-17(23)12-22(11-15-6-3-2-4-7-15)18(24)10-16-8-5-9-25-16/h5,8-9,13,15H,2-4,6-7,10-12H2,1H3,(H,20,21,23). The summed E-state index contributed by atoms with van der Waals surface area (Å²) in [7, 11) is 0. The largest absolute Gasteiger partial charge is 0.333 e. The molecule has 2 heterocycles. The molecule has 1 saturated carbocycles. The fraction of sp³-hybridized carbons (Fsp3) is 0.526. The summed E-state index contributed by atoms with van der Waals surface area (Å²) in [4.78, 5) is 32.3. The molecule has 0 atom stereocenters. The average Bonchev–Trinajstić information content (AvgIpc) is 3.27. The molecule has 26 heavy (non-hydrogen) atoms. The van der Waals surface area contributed by atoms with Crippen LogP contribution in [-0.4, -0.2) is 34.8 Å². The molecular formula is C19H25N3O2S2. The molecule has 0 unspecified atom stereocenters. The number of amides is 2. The molecule has 140 valence electrons. The molecule has 2 aromatic rings. The van der Waals surface area contributed by atoms with Crippen LogP contribution in [0.2, 0.25) is 0 Å². The Hall–Kier alpha value is -1.73. The maximum Gasteiger partial charge on any atom is 0.245 e. The monoisotopic (exact) mass is 391 g/mol. The van der Waals surface area contributed by atoms with Gasteiger partial charge in [-0.15, -0.1) is 22.7 Å². The Balaban J connectivity index is 1.62. The second-order valence-corrected chi connectivity index (χ2v) is 8.77. The van der Waals surface area contributed by atoms with Gasteiger partial charge in [-0.2, -0.15) is 0 Å². The second-order valence-electron chi connectivity index (χ2n) is 6.88. The van der Waals surface area contributed by atoms with Crippen LogP contribution < -0.4 is 5.32 Å². The number of carbonyl (C=O) groups excluding carboxylic acids is 2. The first-order chi connectivity index (χ1) is 12.6. The van der Waals surface area contributed by atoms with E-state index in [9.17, 15) is 9.59 Å². The summed E-state index contributed by atoms with van der Waals surface area (Å²) in [5, 5.41) is 7.29. The van der Waals surface area contributed by atoms with Gasteiger partial charge in [-0.05, 0) is 37.1 Å². The molecule has 1 N–H and O–H groups in total. The van der Waals surface area contributed by atoms with Crippen LogP contribution in [-0.2, 0) is 16.0 Å². The lowest BCUT2D eigenvalue weighted by molar-refractivity contribution is -0.134. The van der Waals surface area contributed by atoms with Gasteiger partial charge < -0.3 is 10.2 Å². The van der Waals surface area contributed by atoms with Gasteiger partial charge in [0.2, 0.25) is 11.8 Å². The quantitative estimate of drug-likeness (QED) is 0.773. The molecule has 1 fully saturated rings. The lowest BCUT2D eigenvalue weighted by Gasteiger charge is -2.29. The van der Waals surface area contributed by atoms with Gasteiger partial charge in [-0.25, -0.2) is 4.98 Å². The van der Waals surface area contributed by atoms with Crippen molar-refractivity contribution in [3.05, 3.63) is 33.5 Å². The highest BCUT2D eigenvalue weighted by Crippen LogP contribution is 2.25. The van der Waals surface area contributed by atoms with Gasteiger partial charge >= 0.3 is 0 Å². The molecule has 5 nitrogen and oxygen atoms in total. The molecule has 0 bridgehead atoms. The zero-order valence-electron chi connectivity index (χ0n) is 15.1. The Labute approximate surface area is 162 Å². The molecule has 2 amide bonds. The number of aromatic nitrogens is 1. The van der Waals surface area contributed by atoms with Gasteiger partial charge in [0.25, 0.3) is 0 Å². The predicted molar refractivity (Wildman–Crippen MR) is 107 cm³/mol. The number of hydrogen-bond acceptors (Lipinski definition) is 5. The fourth-order valence-electron chi connectivity index (χ4n) is 3.35. The summed E-state index contributed by atoms with van der Waals surface area (Å²) in [6.45, 7) is 2.67. The molecule has 0 radical (unpaired) electrons. The van der Waals surface area contributed by atoms with Crippen molar-refractivity contribution < 1.29 is 9.59 Å². The fourth-order valence-corrected chi connectivity index (χ4v) is 4.75. The normalized spacial score (nSPS) is 15.0. The number of nitrogens with zero attached hydrogens (tertiary/aromatic N) is 2. The van der Waals surface area contributed by atoms with E-state index in [4.69, 9.17) is 0 Å². The van der Waals surface area contributed by atoms with E-state index in [1.165, 1.54) is 30.6 Å². The van der Waals surface area contributed by atoms with E-state index in [1.807, 2.05) is 29.8 Å². The summed E-state index contributed by atoms with van der Waals surface area (Å²) in [5.74, 6) is 0.365. The number of thiazole rings is 1. The van der Waals surface area contributed by atoms with Crippen LogP contribution in [0, 0.1) is 12.8 Å². The number of rotatable bonds is 7. The average molecular weight is 392 g/mol. The van der Waals surface area contributed by atoms with Crippen molar-refractivity contribution in [2.75, 3.05) is 18.4 Å². The van der Waals surface area contributed by atoms with E-state index in [0.717, 1.165) is 23.4 Å². The number of nitrogens with one attached hydrogen (secondary N) is 1. The van der Waals surface area contributed by atoms with Crippen molar-refractivity contribution in [2.24, 2.45) is 5.92 Å². The van der Waals surface area contributed by atoms with Crippen molar-refractivity contribution in [3.8, 4) is 0 Å². The Morgan fingerprint density at radius 1 is 1.27 bits per heavy atom. The highest BCUT2D eigenvalue weighted by Gasteiger charge is 2.23. The van der Waals surface area contributed by atoms with Gasteiger partial charge in [0.15, 0.2) is 5.13 Å². The van der Waals surface area contributed by atoms with Gasteiger partial charge in [-0.3, -0.25) is 9.59 Å². The molecule has 0 aliphatic heterocycles. The van der Waals surface area contributed by atoms with E-state index < -0.39 is 0 Å². The Morgan fingerprint density at radius 3 is 2.73 bits per heavy atom. The van der Waals surface area contributed by atoms with E-state index >= 15 is 0 Å². The van der Waals surface area contributed by atoms with Crippen molar-refractivity contribution in [2.45, 2.75) is 45.4 Å². The molecule has 1 aliphatic rings. The molecule has 0 aromatic carbocycles. The van der Waals surface area contributed by atoms with E-state index in [0.29, 0.717) is 24.0 Å². The molecule has 1 aliphatic carbocycles. The van der Waals surface area contributed by atoms with Gasteiger partial charge in [0, 0.05) is 16.8 Å². The van der Waals surface area contributed by atoms with E-state index in [2.05, 4.69) is 10.3 Å². The molecule has 3 rings (SSSR count). The third kappa shape index (κ3) is 5.64. The summed E-state index contributed by atoms with van der Waals surface area (Å²) >= 11 is 2.99. The minimum atomic E-state index is -0.172. The number of thiophene rings is 1. The van der Waals surface area contributed by atoms with Crippen LogP contribution in [0.15, 0.2) is 22.9 Å². The summed E-state index contributed by atoms with van der Waals surface area (Å²) in [6.07, 6.45) is 6.40.